The molecule has 1 aliphatic carbocycles. The van der Waals surface area contributed by atoms with E-state index in [4.69, 9.17) is 5.73 Å². The summed E-state index contributed by atoms with van der Waals surface area (Å²) in [7, 11) is 0. The van der Waals surface area contributed by atoms with Gasteiger partial charge in [-0.15, -0.1) is 0 Å². The Morgan fingerprint density at radius 3 is 2.83 bits per heavy atom. The molecule has 0 aliphatic heterocycles. The van der Waals surface area contributed by atoms with Crippen molar-refractivity contribution in [3.63, 3.8) is 0 Å². The number of pyridine rings is 1. The maximum atomic E-state index is 12.5. The van der Waals surface area contributed by atoms with Crippen LogP contribution in [0.1, 0.15) is 29.6 Å². The summed E-state index contributed by atoms with van der Waals surface area (Å²) in [5, 5.41) is 1.06. The molecule has 0 bridgehead atoms. The molecule has 1 saturated carbocycles. The first-order valence-electron chi connectivity index (χ1n) is 6.35. The third-order valence-electron chi connectivity index (χ3n) is 4.05. The lowest BCUT2D eigenvalue weighted by Gasteiger charge is -2.39. The number of carbonyl (C=O) groups excluding carboxylic acids is 1. The quantitative estimate of drug-likeness (QED) is 0.839. The fraction of sp³-hybridized carbons (Fsp3) is 0.333. The molecule has 18 heavy (non-hydrogen) atoms. The van der Waals surface area contributed by atoms with Crippen LogP contribution >= 0.6 is 0 Å². The van der Waals surface area contributed by atoms with Crippen LogP contribution in [0.5, 0.6) is 0 Å². The lowest BCUT2D eigenvalue weighted by Crippen LogP contribution is -2.44. The summed E-state index contributed by atoms with van der Waals surface area (Å²) < 4.78 is 0. The number of nitrogens with zero attached hydrogens (tertiary/aromatic N) is 1. The molecular weight excluding hydrogens is 224 g/mol. The van der Waals surface area contributed by atoms with Gasteiger partial charge in [-0.05, 0) is 25.0 Å². The summed E-state index contributed by atoms with van der Waals surface area (Å²) in [5.74, 6) is 0.184. The van der Waals surface area contributed by atoms with Crippen molar-refractivity contribution in [2.24, 2.45) is 11.1 Å². The Balaban J connectivity index is 2.01. The third-order valence-corrected chi connectivity index (χ3v) is 4.05. The van der Waals surface area contributed by atoms with Crippen molar-refractivity contribution in [2.75, 3.05) is 6.54 Å². The summed E-state index contributed by atoms with van der Waals surface area (Å²) in [6.45, 7) is 0.450. The maximum Gasteiger partial charge on any atom is 0.170 e. The van der Waals surface area contributed by atoms with Gasteiger partial charge in [0.25, 0.3) is 0 Å². The van der Waals surface area contributed by atoms with Crippen LogP contribution in [0.4, 0.5) is 0 Å². The van der Waals surface area contributed by atoms with Gasteiger partial charge in [-0.2, -0.15) is 0 Å². The van der Waals surface area contributed by atoms with Crippen molar-refractivity contribution in [3.8, 4) is 0 Å². The Kier molecular flexibility index (Phi) is 2.63. The zero-order valence-corrected chi connectivity index (χ0v) is 10.2. The number of rotatable bonds is 3. The largest absolute Gasteiger partial charge is 0.329 e. The van der Waals surface area contributed by atoms with Gasteiger partial charge < -0.3 is 5.73 Å². The molecule has 92 valence electrons. The van der Waals surface area contributed by atoms with Gasteiger partial charge in [-0.25, -0.2) is 0 Å². The van der Waals surface area contributed by atoms with E-state index in [9.17, 15) is 4.79 Å². The van der Waals surface area contributed by atoms with Crippen molar-refractivity contribution in [2.45, 2.75) is 19.3 Å². The van der Waals surface area contributed by atoms with Crippen molar-refractivity contribution in [3.05, 3.63) is 42.1 Å². The van der Waals surface area contributed by atoms with Gasteiger partial charge in [-0.1, -0.05) is 24.6 Å². The van der Waals surface area contributed by atoms with Crippen molar-refractivity contribution in [1.82, 2.24) is 4.98 Å². The van der Waals surface area contributed by atoms with Crippen LogP contribution in [0, 0.1) is 5.41 Å². The average Bonchev–Trinajstić information content (AvgIpc) is 2.37. The number of ketones is 1. The lowest BCUT2D eigenvalue weighted by atomic mass is 9.64. The molecule has 3 rings (SSSR count). The van der Waals surface area contributed by atoms with Crippen LogP contribution in [-0.2, 0) is 0 Å². The summed E-state index contributed by atoms with van der Waals surface area (Å²) in [6.07, 6.45) is 4.69. The first-order chi connectivity index (χ1) is 8.75. The van der Waals surface area contributed by atoms with E-state index in [1.54, 1.807) is 6.20 Å². The SMILES string of the molecule is NCC1(C(=O)c2ccc3cccnc3c2)CCC1. The van der Waals surface area contributed by atoms with Gasteiger partial charge in [0.2, 0.25) is 0 Å². The molecule has 0 spiro atoms. The first-order valence-corrected chi connectivity index (χ1v) is 6.35. The highest BCUT2D eigenvalue weighted by atomic mass is 16.1. The molecule has 3 nitrogen and oxygen atoms in total. The smallest absolute Gasteiger partial charge is 0.170 e. The highest BCUT2D eigenvalue weighted by molar-refractivity contribution is 6.03. The number of hydrogen-bond donors (Lipinski definition) is 1. The van der Waals surface area contributed by atoms with Crippen molar-refractivity contribution >= 4 is 16.7 Å². The van der Waals surface area contributed by atoms with E-state index in [-0.39, 0.29) is 11.2 Å². The molecule has 0 radical (unpaired) electrons. The molecule has 0 amide bonds. The Hall–Kier alpha value is -1.74. The molecule has 2 N–H and O–H groups in total. The van der Waals surface area contributed by atoms with E-state index >= 15 is 0 Å². The van der Waals surface area contributed by atoms with E-state index in [2.05, 4.69) is 4.98 Å². The number of nitrogens with two attached hydrogens (primary N) is 1. The minimum Gasteiger partial charge on any atom is -0.329 e. The molecule has 0 unspecified atom stereocenters. The normalized spacial score (nSPS) is 17.4. The fourth-order valence-corrected chi connectivity index (χ4v) is 2.64. The molecule has 2 aromatic rings. The molecule has 1 fully saturated rings. The van der Waals surface area contributed by atoms with Gasteiger partial charge in [0.05, 0.1) is 5.52 Å². The van der Waals surface area contributed by atoms with Crippen LogP contribution in [0.25, 0.3) is 10.9 Å². The zero-order valence-electron chi connectivity index (χ0n) is 10.2. The zero-order chi connectivity index (χ0) is 12.6. The minimum absolute atomic E-state index is 0.184. The molecule has 1 heterocycles. The van der Waals surface area contributed by atoms with Crippen LogP contribution in [0.2, 0.25) is 0 Å². The number of Topliss-reactive ketones (excluding diaryl/α,β-unsaturated/α-hetero) is 1. The molecule has 0 saturated heterocycles. The van der Waals surface area contributed by atoms with E-state index in [1.807, 2.05) is 30.3 Å². The van der Waals surface area contributed by atoms with Crippen LogP contribution in [-0.4, -0.2) is 17.3 Å². The topological polar surface area (TPSA) is 56.0 Å². The van der Waals surface area contributed by atoms with Gasteiger partial charge in [0.1, 0.15) is 0 Å². The van der Waals surface area contributed by atoms with Crippen LogP contribution < -0.4 is 5.73 Å². The second-order valence-corrected chi connectivity index (χ2v) is 5.08. The van der Waals surface area contributed by atoms with Crippen LogP contribution in [0.3, 0.4) is 0 Å². The Morgan fingerprint density at radius 2 is 2.17 bits per heavy atom. The van der Waals surface area contributed by atoms with Gasteiger partial charge >= 0.3 is 0 Å². The molecular formula is C15H16N2O. The van der Waals surface area contributed by atoms with E-state index in [0.29, 0.717) is 6.54 Å². The van der Waals surface area contributed by atoms with Gasteiger partial charge in [0, 0.05) is 29.1 Å². The summed E-state index contributed by atoms with van der Waals surface area (Å²) in [5.41, 5.74) is 7.09. The maximum absolute atomic E-state index is 12.5. The number of aromatic nitrogens is 1. The van der Waals surface area contributed by atoms with Crippen molar-refractivity contribution < 1.29 is 4.79 Å². The molecule has 1 aliphatic rings. The monoisotopic (exact) mass is 240 g/mol. The highest BCUT2D eigenvalue weighted by Crippen LogP contribution is 2.42. The lowest BCUT2D eigenvalue weighted by molar-refractivity contribution is 0.0636. The number of hydrogen-bond acceptors (Lipinski definition) is 3. The second kappa shape index (κ2) is 4.18. The summed E-state index contributed by atoms with van der Waals surface area (Å²) in [6, 6.07) is 9.63. The van der Waals surface area contributed by atoms with E-state index in [0.717, 1.165) is 35.7 Å². The first kappa shape index (κ1) is 11.4. The highest BCUT2D eigenvalue weighted by Gasteiger charge is 2.42. The predicted molar refractivity (Wildman–Crippen MR) is 71.4 cm³/mol. The van der Waals surface area contributed by atoms with Gasteiger partial charge in [-0.3, -0.25) is 9.78 Å². The fourth-order valence-electron chi connectivity index (χ4n) is 2.64. The summed E-state index contributed by atoms with van der Waals surface area (Å²) >= 11 is 0. The van der Waals surface area contributed by atoms with Gasteiger partial charge in [0.15, 0.2) is 5.78 Å². The standard InChI is InChI=1S/C15H16N2O/c16-10-15(6-2-7-15)14(18)12-5-4-11-3-1-8-17-13(11)9-12/h1,3-5,8-9H,2,6-7,10,16H2. The van der Waals surface area contributed by atoms with Crippen molar-refractivity contribution in [1.29, 1.82) is 0 Å². The Morgan fingerprint density at radius 1 is 1.33 bits per heavy atom. The minimum atomic E-state index is -0.303. The Labute approximate surface area is 106 Å². The molecule has 0 atom stereocenters. The van der Waals surface area contributed by atoms with E-state index < -0.39 is 0 Å². The predicted octanol–water partition coefficient (Wildman–Crippen LogP) is 2.55. The number of benzene rings is 1. The molecule has 3 heteroatoms. The molecule has 1 aromatic heterocycles. The third kappa shape index (κ3) is 1.63. The number of fused-ring (bicyclic) bond motifs is 1. The number of carbonyl (C=O) groups is 1. The van der Waals surface area contributed by atoms with Crippen LogP contribution in [0.15, 0.2) is 36.5 Å². The average molecular weight is 240 g/mol. The second-order valence-electron chi connectivity index (χ2n) is 5.08. The Bertz CT molecular complexity index is 597. The summed E-state index contributed by atoms with van der Waals surface area (Å²) in [4.78, 5) is 16.8. The van der Waals surface area contributed by atoms with E-state index in [1.165, 1.54) is 0 Å². The molecule has 1 aromatic carbocycles.